The molecule has 1 aromatic rings. The highest BCUT2D eigenvalue weighted by atomic mass is 35.5. The van der Waals surface area contributed by atoms with Crippen LogP contribution in [0.2, 0.25) is 0 Å². The molecule has 1 fully saturated rings. The molecule has 0 radical (unpaired) electrons. The van der Waals surface area contributed by atoms with E-state index in [0.29, 0.717) is 17.4 Å². The van der Waals surface area contributed by atoms with E-state index in [4.69, 9.17) is 5.73 Å². The number of hydrogen-bond donors (Lipinski definition) is 2. The van der Waals surface area contributed by atoms with Crippen LogP contribution in [0, 0.1) is 0 Å². The summed E-state index contributed by atoms with van der Waals surface area (Å²) in [4.78, 5) is 16.0. The van der Waals surface area contributed by atoms with Crippen LogP contribution >= 0.6 is 12.4 Å². The van der Waals surface area contributed by atoms with Crippen LogP contribution in [0.5, 0.6) is 0 Å². The lowest BCUT2D eigenvalue weighted by Crippen LogP contribution is -2.34. The number of carbonyl (C=O) groups excluding carboxylic acids is 1. The molecule has 0 spiro atoms. The van der Waals surface area contributed by atoms with Crippen molar-refractivity contribution in [1.82, 2.24) is 10.3 Å². The van der Waals surface area contributed by atoms with Gasteiger partial charge in [-0.25, -0.2) is 4.98 Å². The van der Waals surface area contributed by atoms with Gasteiger partial charge in [-0.15, -0.1) is 12.4 Å². The summed E-state index contributed by atoms with van der Waals surface area (Å²) in [5, 5.41) is 3.05. The van der Waals surface area contributed by atoms with Gasteiger partial charge in [0.15, 0.2) is 0 Å². The predicted octanol–water partition coefficient (Wildman–Crippen LogP) is 2.54. The van der Waals surface area contributed by atoms with Gasteiger partial charge in [0.1, 0.15) is 5.69 Å². The standard InChI is InChI=1S/C13H19N3O.ClH/c14-10-7-8-12(15-9-10)13(17)16-11-5-3-1-2-4-6-11;/h7-9,11H,1-6,14H2,(H,16,17);1H. The van der Waals surface area contributed by atoms with Crippen LogP contribution in [-0.4, -0.2) is 16.9 Å². The lowest BCUT2D eigenvalue weighted by atomic mass is 10.1. The molecule has 4 nitrogen and oxygen atoms in total. The van der Waals surface area contributed by atoms with Crippen LogP contribution in [0.25, 0.3) is 0 Å². The number of hydrogen-bond acceptors (Lipinski definition) is 3. The second-order valence-electron chi connectivity index (χ2n) is 4.64. The Morgan fingerprint density at radius 3 is 2.44 bits per heavy atom. The summed E-state index contributed by atoms with van der Waals surface area (Å²) >= 11 is 0. The molecule has 0 bridgehead atoms. The number of halogens is 1. The van der Waals surface area contributed by atoms with Crippen LogP contribution in [-0.2, 0) is 0 Å². The Morgan fingerprint density at radius 1 is 1.22 bits per heavy atom. The highest BCUT2D eigenvalue weighted by molar-refractivity contribution is 5.92. The summed E-state index contributed by atoms with van der Waals surface area (Å²) in [6, 6.07) is 3.68. The smallest absolute Gasteiger partial charge is 0.270 e. The fourth-order valence-electron chi connectivity index (χ4n) is 2.22. The third kappa shape index (κ3) is 4.18. The van der Waals surface area contributed by atoms with E-state index in [-0.39, 0.29) is 18.3 Å². The number of nitrogens with one attached hydrogen (secondary N) is 1. The molecule has 5 heteroatoms. The first-order valence-electron chi connectivity index (χ1n) is 6.28. The summed E-state index contributed by atoms with van der Waals surface area (Å²) < 4.78 is 0. The Bertz CT molecular complexity index is 372. The van der Waals surface area contributed by atoms with Gasteiger partial charge in [-0.05, 0) is 25.0 Å². The quantitative estimate of drug-likeness (QED) is 0.811. The van der Waals surface area contributed by atoms with Gasteiger partial charge in [0.05, 0.1) is 11.9 Å². The Labute approximate surface area is 114 Å². The zero-order valence-corrected chi connectivity index (χ0v) is 11.2. The average molecular weight is 270 g/mol. The van der Waals surface area contributed by atoms with Crippen molar-refractivity contribution >= 4 is 24.0 Å². The Balaban J connectivity index is 0.00000162. The molecular weight excluding hydrogens is 250 g/mol. The van der Waals surface area contributed by atoms with Gasteiger partial charge in [-0.1, -0.05) is 25.7 Å². The van der Waals surface area contributed by atoms with Gasteiger partial charge in [-0.2, -0.15) is 0 Å². The van der Waals surface area contributed by atoms with Gasteiger partial charge < -0.3 is 11.1 Å². The fraction of sp³-hybridized carbons (Fsp3) is 0.538. The molecule has 1 aromatic heterocycles. The second kappa shape index (κ2) is 7.21. The Hall–Kier alpha value is -1.29. The first kappa shape index (κ1) is 14.8. The predicted molar refractivity (Wildman–Crippen MR) is 74.9 cm³/mol. The summed E-state index contributed by atoms with van der Waals surface area (Å²) in [5.41, 5.74) is 6.56. The molecule has 1 saturated carbocycles. The zero-order chi connectivity index (χ0) is 12.1. The maximum atomic E-state index is 11.9. The monoisotopic (exact) mass is 269 g/mol. The van der Waals surface area contributed by atoms with Crippen molar-refractivity contribution in [1.29, 1.82) is 0 Å². The van der Waals surface area contributed by atoms with Gasteiger partial charge in [0.2, 0.25) is 0 Å². The van der Waals surface area contributed by atoms with Crippen molar-refractivity contribution in [3.63, 3.8) is 0 Å². The fourth-order valence-corrected chi connectivity index (χ4v) is 2.22. The molecule has 100 valence electrons. The van der Waals surface area contributed by atoms with Crippen molar-refractivity contribution < 1.29 is 4.79 Å². The molecule has 1 aliphatic rings. The Kier molecular flexibility index (Phi) is 5.92. The van der Waals surface area contributed by atoms with Crippen molar-refractivity contribution in [2.24, 2.45) is 0 Å². The summed E-state index contributed by atoms with van der Waals surface area (Å²) in [5.74, 6) is -0.0862. The Morgan fingerprint density at radius 2 is 1.89 bits per heavy atom. The van der Waals surface area contributed by atoms with E-state index >= 15 is 0 Å². The van der Waals surface area contributed by atoms with E-state index in [1.807, 2.05) is 0 Å². The number of amides is 1. The number of pyridine rings is 1. The van der Waals surface area contributed by atoms with Gasteiger partial charge in [-0.3, -0.25) is 4.79 Å². The van der Waals surface area contributed by atoms with Gasteiger partial charge >= 0.3 is 0 Å². The molecule has 0 aliphatic heterocycles. The SMILES string of the molecule is Cl.Nc1ccc(C(=O)NC2CCCCCC2)nc1. The highest BCUT2D eigenvalue weighted by Gasteiger charge is 2.16. The van der Waals surface area contributed by atoms with E-state index < -0.39 is 0 Å². The van der Waals surface area contributed by atoms with Gasteiger partial charge in [0.25, 0.3) is 5.91 Å². The molecule has 1 amide bonds. The van der Waals surface area contributed by atoms with Crippen LogP contribution in [0.1, 0.15) is 49.0 Å². The molecule has 2 rings (SSSR count). The third-order valence-corrected chi connectivity index (χ3v) is 3.21. The largest absolute Gasteiger partial charge is 0.397 e. The molecule has 3 N–H and O–H groups in total. The normalized spacial score (nSPS) is 16.4. The van der Waals surface area contributed by atoms with Crippen LogP contribution < -0.4 is 11.1 Å². The number of carbonyl (C=O) groups is 1. The first-order chi connectivity index (χ1) is 8.25. The number of nitrogen functional groups attached to an aromatic ring is 1. The van der Waals surface area contributed by atoms with Crippen molar-refractivity contribution in [2.75, 3.05) is 5.73 Å². The zero-order valence-electron chi connectivity index (χ0n) is 10.4. The van der Waals surface area contributed by atoms with E-state index in [0.717, 1.165) is 12.8 Å². The van der Waals surface area contributed by atoms with E-state index in [1.165, 1.54) is 31.9 Å². The lowest BCUT2D eigenvalue weighted by Gasteiger charge is -2.15. The van der Waals surface area contributed by atoms with Crippen LogP contribution in [0.4, 0.5) is 5.69 Å². The number of nitrogens with two attached hydrogens (primary N) is 1. The topological polar surface area (TPSA) is 68.0 Å². The molecular formula is C13H20ClN3O. The summed E-state index contributed by atoms with van der Waals surface area (Å²) in [6.45, 7) is 0. The molecule has 0 aromatic carbocycles. The molecule has 18 heavy (non-hydrogen) atoms. The van der Waals surface area contributed by atoms with Crippen molar-refractivity contribution in [3.05, 3.63) is 24.0 Å². The molecule has 1 aliphatic carbocycles. The maximum Gasteiger partial charge on any atom is 0.270 e. The maximum absolute atomic E-state index is 11.9. The molecule has 0 saturated heterocycles. The van der Waals surface area contributed by atoms with E-state index in [2.05, 4.69) is 10.3 Å². The van der Waals surface area contributed by atoms with Crippen LogP contribution in [0.3, 0.4) is 0 Å². The number of rotatable bonds is 2. The third-order valence-electron chi connectivity index (χ3n) is 3.21. The van der Waals surface area contributed by atoms with Crippen LogP contribution in [0.15, 0.2) is 18.3 Å². The summed E-state index contributed by atoms with van der Waals surface area (Å²) in [6.07, 6.45) is 8.67. The van der Waals surface area contributed by atoms with Gasteiger partial charge in [0, 0.05) is 6.04 Å². The number of nitrogens with zero attached hydrogens (tertiary/aromatic N) is 1. The van der Waals surface area contributed by atoms with E-state index in [9.17, 15) is 4.79 Å². The minimum Gasteiger partial charge on any atom is -0.397 e. The van der Waals surface area contributed by atoms with Crippen molar-refractivity contribution in [3.8, 4) is 0 Å². The van der Waals surface area contributed by atoms with E-state index in [1.54, 1.807) is 12.1 Å². The highest BCUT2D eigenvalue weighted by Crippen LogP contribution is 2.17. The summed E-state index contributed by atoms with van der Waals surface area (Å²) in [7, 11) is 0. The minimum absolute atomic E-state index is 0. The molecule has 0 unspecified atom stereocenters. The molecule has 0 atom stereocenters. The molecule has 1 heterocycles. The lowest BCUT2D eigenvalue weighted by molar-refractivity contribution is 0.0928. The average Bonchev–Trinajstić information content (AvgIpc) is 2.58. The second-order valence-corrected chi connectivity index (χ2v) is 4.64. The minimum atomic E-state index is -0.0862. The van der Waals surface area contributed by atoms with Crippen molar-refractivity contribution in [2.45, 2.75) is 44.6 Å². The number of anilines is 1. The first-order valence-corrected chi connectivity index (χ1v) is 6.28. The number of aromatic nitrogens is 1.